The predicted molar refractivity (Wildman–Crippen MR) is 80.5 cm³/mol. The second-order valence-corrected chi connectivity index (χ2v) is 5.31. The van der Waals surface area contributed by atoms with E-state index in [-0.39, 0.29) is 5.75 Å². The highest BCUT2D eigenvalue weighted by Crippen LogP contribution is 2.39. The molecule has 1 saturated carbocycles. The minimum atomic E-state index is 0.177. The van der Waals surface area contributed by atoms with E-state index in [1.165, 1.54) is 5.56 Å². The summed E-state index contributed by atoms with van der Waals surface area (Å²) in [5.41, 5.74) is 2.36. The highest BCUT2D eigenvalue weighted by atomic mass is 16.5. The summed E-state index contributed by atoms with van der Waals surface area (Å²) in [5, 5.41) is 13.2. The zero-order valence-corrected chi connectivity index (χ0v) is 11.5. The molecule has 3 heteroatoms. The van der Waals surface area contributed by atoms with Gasteiger partial charge in [-0.3, -0.25) is 0 Å². The predicted octanol–water partition coefficient (Wildman–Crippen LogP) is 3.76. The summed E-state index contributed by atoms with van der Waals surface area (Å²) in [6.45, 7) is 0. The van der Waals surface area contributed by atoms with Crippen molar-refractivity contribution in [3.8, 4) is 11.5 Å². The van der Waals surface area contributed by atoms with Crippen LogP contribution in [0.1, 0.15) is 24.3 Å². The van der Waals surface area contributed by atoms with Gasteiger partial charge in [-0.25, -0.2) is 0 Å². The molecule has 0 heterocycles. The summed E-state index contributed by atoms with van der Waals surface area (Å²) < 4.78 is 5.04. The molecule has 0 atom stereocenters. The smallest absolute Gasteiger partial charge is 0.160 e. The number of methoxy groups -OCH3 is 1. The number of benzene rings is 2. The van der Waals surface area contributed by atoms with Gasteiger partial charge in [0.15, 0.2) is 11.5 Å². The Labute approximate surface area is 119 Å². The van der Waals surface area contributed by atoms with Crippen molar-refractivity contribution in [1.29, 1.82) is 0 Å². The number of anilines is 1. The lowest BCUT2D eigenvalue weighted by Crippen LogP contribution is -2.33. The molecule has 20 heavy (non-hydrogen) atoms. The van der Waals surface area contributed by atoms with Crippen LogP contribution in [-0.4, -0.2) is 18.3 Å². The highest BCUT2D eigenvalue weighted by molar-refractivity contribution is 5.55. The van der Waals surface area contributed by atoms with E-state index < -0.39 is 0 Å². The Bertz CT molecular complexity index is 577. The van der Waals surface area contributed by atoms with Crippen LogP contribution in [0.15, 0.2) is 48.5 Å². The monoisotopic (exact) mass is 269 g/mol. The fraction of sp³-hybridized carbons (Fsp3) is 0.294. The van der Waals surface area contributed by atoms with Crippen LogP contribution in [0.2, 0.25) is 0 Å². The van der Waals surface area contributed by atoms with Gasteiger partial charge in [0.1, 0.15) is 0 Å². The lowest BCUT2D eigenvalue weighted by Gasteiger charge is -2.37. The van der Waals surface area contributed by atoms with E-state index in [0.717, 1.165) is 18.5 Å². The number of hydrogen-bond acceptors (Lipinski definition) is 3. The molecule has 0 unspecified atom stereocenters. The lowest BCUT2D eigenvalue weighted by molar-refractivity contribution is 0.369. The third kappa shape index (κ3) is 2.57. The number of phenolic OH excluding ortho intramolecular Hbond substituents is 1. The number of hydrogen-bond donors (Lipinski definition) is 2. The Balaban J connectivity index is 1.58. The van der Waals surface area contributed by atoms with Gasteiger partial charge < -0.3 is 15.2 Å². The van der Waals surface area contributed by atoms with Gasteiger partial charge in [-0.05, 0) is 36.5 Å². The molecule has 2 aromatic rings. The van der Waals surface area contributed by atoms with Gasteiger partial charge in [-0.15, -0.1) is 0 Å². The van der Waals surface area contributed by atoms with E-state index >= 15 is 0 Å². The number of rotatable bonds is 4. The zero-order valence-electron chi connectivity index (χ0n) is 11.5. The summed E-state index contributed by atoms with van der Waals surface area (Å²) >= 11 is 0. The molecular weight excluding hydrogens is 250 g/mol. The molecule has 0 bridgehead atoms. The van der Waals surface area contributed by atoms with E-state index in [2.05, 4.69) is 35.6 Å². The van der Waals surface area contributed by atoms with E-state index in [9.17, 15) is 5.11 Å². The average Bonchev–Trinajstić information content (AvgIpc) is 2.43. The highest BCUT2D eigenvalue weighted by Gasteiger charge is 2.30. The maximum absolute atomic E-state index is 9.76. The van der Waals surface area contributed by atoms with Crippen LogP contribution >= 0.6 is 0 Å². The van der Waals surface area contributed by atoms with Crippen molar-refractivity contribution in [2.24, 2.45) is 0 Å². The van der Waals surface area contributed by atoms with Crippen LogP contribution in [-0.2, 0) is 0 Å². The van der Waals surface area contributed by atoms with Crippen molar-refractivity contribution in [3.05, 3.63) is 54.1 Å². The van der Waals surface area contributed by atoms with Crippen molar-refractivity contribution >= 4 is 5.69 Å². The van der Waals surface area contributed by atoms with Gasteiger partial charge in [0.25, 0.3) is 0 Å². The molecule has 104 valence electrons. The summed E-state index contributed by atoms with van der Waals surface area (Å²) in [4.78, 5) is 0. The first-order valence-corrected chi connectivity index (χ1v) is 6.95. The minimum Gasteiger partial charge on any atom is -0.504 e. The van der Waals surface area contributed by atoms with E-state index in [4.69, 9.17) is 4.74 Å². The molecule has 0 spiro atoms. The number of nitrogens with one attached hydrogen (secondary N) is 1. The summed E-state index contributed by atoms with van der Waals surface area (Å²) in [7, 11) is 1.55. The van der Waals surface area contributed by atoms with Gasteiger partial charge in [0.05, 0.1) is 7.11 Å². The molecule has 0 aliphatic heterocycles. The molecule has 3 rings (SSSR count). The first kappa shape index (κ1) is 12.9. The maximum Gasteiger partial charge on any atom is 0.160 e. The first-order valence-electron chi connectivity index (χ1n) is 6.95. The SMILES string of the molecule is COc1ccc(NC2CC(c3ccccc3)C2)cc1O. The molecule has 1 aliphatic carbocycles. The summed E-state index contributed by atoms with van der Waals surface area (Å²) in [5.74, 6) is 1.34. The molecule has 0 saturated heterocycles. The lowest BCUT2D eigenvalue weighted by atomic mass is 9.76. The molecule has 2 aromatic carbocycles. The van der Waals surface area contributed by atoms with Gasteiger partial charge >= 0.3 is 0 Å². The largest absolute Gasteiger partial charge is 0.504 e. The van der Waals surface area contributed by atoms with Gasteiger partial charge in [0, 0.05) is 17.8 Å². The second-order valence-electron chi connectivity index (χ2n) is 5.31. The fourth-order valence-electron chi connectivity index (χ4n) is 2.75. The third-order valence-electron chi connectivity index (χ3n) is 3.96. The van der Waals surface area contributed by atoms with Crippen LogP contribution in [0.3, 0.4) is 0 Å². The van der Waals surface area contributed by atoms with Crippen molar-refractivity contribution in [3.63, 3.8) is 0 Å². The standard InChI is InChI=1S/C17H19NO2/c1-20-17-8-7-14(11-16(17)19)18-15-9-13(10-15)12-5-3-2-4-6-12/h2-8,11,13,15,18-19H,9-10H2,1H3. The Morgan fingerprint density at radius 3 is 2.50 bits per heavy atom. The van der Waals surface area contributed by atoms with Crippen LogP contribution in [0.4, 0.5) is 5.69 Å². The number of phenols is 1. The molecule has 0 aromatic heterocycles. The zero-order chi connectivity index (χ0) is 13.9. The number of aromatic hydroxyl groups is 1. The summed E-state index contributed by atoms with van der Waals surface area (Å²) in [6, 6.07) is 16.6. The maximum atomic E-state index is 9.76. The van der Waals surface area contributed by atoms with Crippen LogP contribution in [0.25, 0.3) is 0 Å². The van der Waals surface area contributed by atoms with Gasteiger partial charge in [-0.1, -0.05) is 30.3 Å². The second kappa shape index (κ2) is 5.45. The van der Waals surface area contributed by atoms with Crippen molar-refractivity contribution in [1.82, 2.24) is 0 Å². The van der Waals surface area contributed by atoms with E-state index in [0.29, 0.717) is 17.7 Å². The van der Waals surface area contributed by atoms with Crippen molar-refractivity contribution in [2.75, 3.05) is 12.4 Å². The molecule has 3 nitrogen and oxygen atoms in total. The summed E-state index contributed by atoms with van der Waals surface area (Å²) in [6.07, 6.45) is 2.27. The molecule has 0 amide bonds. The topological polar surface area (TPSA) is 41.5 Å². The Morgan fingerprint density at radius 2 is 1.85 bits per heavy atom. The molecular formula is C17H19NO2. The molecule has 1 aliphatic rings. The normalized spacial score (nSPS) is 21.1. The van der Waals surface area contributed by atoms with Gasteiger partial charge in [-0.2, -0.15) is 0 Å². The van der Waals surface area contributed by atoms with E-state index in [1.807, 2.05) is 6.07 Å². The Kier molecular flexibility index (Phi) is 3.50. The van der Waals surface area contributed by atoms with Gasteiger partial charge in [0.2, 0.25) is 0 Å². The number of ether oxygens (including phenoxy) is 1. The van der Waals surface area contributed by atoms with Crippen LogP contribution in [0.5, 0.6) is 11.5 Å². The molecule has 1 fully saturated rings. The van der Waals surface area contributed by atoms with E-state index in [1.54, 1.807) is 19.2 Å². The third-order valence-corrected chi connectivity index (χ3v) is 3.96. The first-order chi connectivity index (χ1) is 9.76. The van der Waals surface area contributed by atoms with Crippen molar-refractivity contribution in [2.45, 2.75) is 24.8 Å². The minimum absolute atomic E-state index is 0.177. The molecule has 0 radical (unpaired) electrons. The molecule has 2 N–H and O–H groups in total. The Hall–Kier alpha value is -2.16. The van der Waals surface area contributed by atoms with Crippen molar-refractivity contribution < 1.29 is 9.84 Å². The van der Waals surface area contributed by atoms with Crippen LogP contribution < -0.4 is 10.1 Å². The quantitative estimate of drug-likeness (QED) is 0.888. The van der Waals surface area contributed by atoms with Crippen LogP contribution in [0, 0.1) is 0 Å². The fourth-order valence-corrected chi connectivity index (χ4v) is 2.75. The Morgan fingerprint density at radius 1 is 1.10 bits per heavy atom. The average molecular weight is 269 g/mol.